The van der Waals surface area contributed by atoms with Crippen LogP contribution in [0.25, 0.3) is 11.4 Å². The standard InChI is InChI=1S/C11H9BrN2S/c1-7-4-2-3-5-8(7)10-13-6-9(12)11(15)14-10/h2-6H,1H3,(H,13,14,15). The van der Waals surface area contributed by atoms with Gasteiger partial charge in [-0.05, 0) is 28.4 Å². The predicted molar refractivity (Wildman–Crippen MR) is 67.3 cm³/mol. The van der Waals surface area contributed by atoms with E-state index < -0.39 is 0 Å². The molecule has 15 heavy (non-hydrogen) atoms. The molecule has 0 unspecified atom stereocenters. The topological polar surface area (TPSA) is 28.7 Å². The van der Waals surface area contributed by atoms with Gasteiger partial charge in [-0.15, -0.1) is 0 Å². The summed E-state index contributed by atoms with van der Waals surface area (Å²) < 4.78 is 1.48. The summed E-state index contributed by atoms with van der Waals surface area (Å²) in [7, 11) is 0. The number of aromatic nitrogens is 2. The second-order valence-corrected chi connectivity index (χ2v) is 4.49. The van der Waals surface area contributed by atoms with Crippen LogP contribution in [0.3, 0.4) is 0 Å². The Kier molecular flexibility index (Phi) is 2.98. The molecule has 76 valence electrons. The minimum absolute atomic E-state index is 0.670. The van der Waals surface area contributed by atoms with Crippen LogP contribution in [0.2, 0.25) is 0 Å². The van der Waals surface area contributed by atoms with E-state index in [9.17, 15) is 0 Å². The molecule has 0 radical (unpaired) electrons. The molecule has 0 bridgehead atoms. The molecular formula is C11H9BrN2S. The Morgan fingerprint density at radius 1 is 1.33 bits per heavy atom. The lowest BCUT2D eigenvalue weighted by atomic mass is 10.1. The van der Waals surface area contributed by atoms with Gasteiger partial charge < -0.3 is 4.98 Å². The van der Waals surface area contributed by atoms with Crippen LogP contribution in [0, 0.1) is 11.6 Å². The lowest BCUT2D eigenvalue weighted by Gasteiger charge is -2.04. The number of aryl methyl sites for hydroxylation is 1. The molecule has 2 aromatic rings. The molecule has 0 fully saturated rings. The summed E-state index contributed by atoms with van der Waals surface area (Å²) in [5.74, 6) is 0.807. The first-order valence-electron chi connectivity index (χ1n) is 4.49. The van der Waals surface area contributed by atoms with Crippen LogP contribution in [-0.4, -0.2) is 9.97 Å². The quantitative estimate of drug-likeness (QED) is 0.804. The van der Waals surface area contributed by atoms with Crippen LogP contribution in [0.1, 0.15) is 5.56 Å². The summed E-state index contributed by atoms with van der Waals surface area (Å²) in [4.78, 5) is 7.39. The van der Waals surface area contributed by atoms with Gasteiger partial charge in [0.1, 0.15) is 10.5 Å². The number of rotatable bonds is 1. The normalized spacial score (nSPS) is 10.3. The third-order valence-corrected chi connectivity index (χ3v) is 3.34. The number of nitrogens with zero attached hydrogens (tertiary/aromatic N) is 1. The van der Waals surface area contributed by atoms with Crippen molar-refractivity contribution >= 4 is 28.1 Å². The second kappa shape index (κ2) is 4.24. The van der Waals surface area contributed by atoms with Crippen molar-refractivity contribution < 1.29 is 0 Å². The molecule has 4 heteroatoms. The molecular weight excluding hydrogens is 272 g/mol. The zero-order chi connectivity index (χ0) is 10.8. The molecule has 0 atom stereocenters. The zero-order valence-electron chi connectivity index (χ0n) is 8.12. The first-order chi connectivity index (χ1) is 7.18. The molecule has 0 spiro atoms. The summed E-state index contributed by atoms with van der Waals surface area (Å²) in [6.07, 6.45) is 1.72. The van der Waals surface area contributed by atoms with E-state index >= 15 is 0 Å². The van der Waals surface area contributed by atoms with Gasteiger partial charge in [0.15, 0.2) is 0 Å². The minimum atomic E-state index is 0.670. The van der Waals surface area contributed by atoms with E-state index in [0.29, 0.717) is 4.64 Å². The molecule has 0 saturated heterocycles. The van der Waals surface area contributed by atoms with Crippen molar-refractivity contribution in [1.82, 2.24) is 9.97 Å². The van der Waals surface area contributed by atoms with Crippen molar-refractivity contribution in [3.8, 4) is 11.4 Å². The Hall–Kier alpha value is -1.00. The largest absolute Gasteiger partial charge is 0.330 e. The predicted octanol–water partition coefficient (Wildman–Crippen LogP) is 3.88. The molecule has 2 nitrogen and oxygen atoms in total. The van der Waals surface area contributed by atoms with Gasteiger partial charge in [0.2, 0.25) is 0 Å². The van der Waals surface area contributed by atoms with Gasteiger partial charge in [0, 0.05) is 11.8 Å². The fraction of sp³-hybridized carbons (Fsp3) is 0.0909. The van der Waals surface area contributed by atoms with Crippen LogP contribution >= 0.6 is 28.1 Å². The van der Waals surface area contributed by atoms with Crippen LogP contribution in [0.15, 0.2) is 34.9 Å². The van der Waals surface area contributed by atoms with Gasteiger partial charge in [-0.1, -0.05) is 36.5 Å². The average molecular weight is 281 g/mol. The molecule has 0 aliphatic rings. The van der Waals surface area contributed by atoms with E-state index in [1.54, 1.807) is 6.20 Å². The van der Waals surface area contributed by atoms with Crippen molar-refractivity contribution in [1.29, 1.82) is 0 Å². The zero-order valence-corrected chi connectivity index (χ0v) is 10.5. The number of hydrogen-bond acceptors (Lipinski definition) is 2. The third kappa shape index (κ3) is 2.16. The minimum Gasteiger partial charge on any atom is -0.330 e. The highest BCUT2D eigenvalue weighted by molar-refractivity contribution is 9.10. The molecule has 1 aromatic carbocycles. The molecule has 0 aliphatic heterocycles. The van der Waals surface area contributed by atoms with Crippen LogP contribution in [0.4, 0.5) is 0 Å². The second-order valence-electron chi connectivity index (χ2n) is 3.22. The van der Waals surface area contributed by atoms with E-state index in [0.717, 1.165) is 15.9 Å². The number of H-pyrrole nitrogens is 1. The number of aromatic amines is 1. The van der Waals surface area contributed by atoms with Crippen molar-refractivity contribution in [3.63, 3.8) is 0 Å². The van der Waals surface area contributed by atoms with E-state index in [4.69, 9.17) is 12.2 Å². The smallest absolute Gasteiger partial charge is 0.138 e. The van der Waals surface area contributed by atoms with Crippen LogP contribution in [-0.2, 0) is 0 Å². The third-order valence-electron chi connectivity index (χ3n) is 2.16. The summed E-state index contributed by atoms with van der Waals surface area (Å²) in [5.41, 5.74) is 2.26. The van der Waals surface area contributed by atoms with Crippen molar-refractivity contribution in [2.24, 2.45) is 0 Å². The highest BCUT2D eigenvalue weighted by Gasteiger charge is 2.03. The first kappa shape index (κ1) is 10.5. The van der Waals surface area contributed by atoms with Gasteiger partial charge in [-0.25, -0.2) is 4.98 Å². The van der Waals surface area contributed by atoms with Gasteiger partial charge in [0.25, 0.3) is 0 Å². The molecule has 0 amide bonds. The Labute approximate surface area is 102 Å². The number of nitrogens with one attached hydrogen (secondary N) is 1. The fourth-order valence-corrected chi connectivity index (χ4v) is 1.71. The van der Waals surface area contributed by atoms with E-state index in [2.05, 4.69) is 38.9 Å². The van der Waals surface area contributed by atoms with Gasteiger partial charge in [0.05, 0.1) is 4.47 Å². The van der Waals surface area contributed by atoms with Gasteiger partial charge >= 0.3 is 0 Å². The summed E-state index contributed by atoms with van der Waals surface area (Å²) in [5, 5.41) is 0. The molecule has 1 heterocycles. The van der Waals surface area contributed by atoms with Crippen LogP contribution < -0.4 is 0 Å². The maximum Gasteiger partial charge on any atom is 0.138 e. The van der Waals surface area contributed by atoms with Crippen molar-refractivity contribution in [2.75, 3.05) is 0 Å². The Morgan fingerprint density at radius 3 is 2.73 bits per heavy atom. The highest BCUT2D eigenvalue weighted by atomic mass is 79.9. The summed E-state index contributed by atoms with van der Waals surface area (Å²) >= 11 is 8.46. The summed E-state index contributed by atoms with van der Waals surface area (Å²) in [6.45, 7) is 2.05. The number of benzene rings is 1. The molecule has 2 rings (SSSR count). The van der Waals surface area contributed by atoms with Gasteiger partial charge in [-0.2, -0.15) is 0 Å². The molecule has 1 N–H and O–H groups in total. The molecule has 0 aliphatic carbocycles. The lowest BCUT2D eigenvalue weighted by molar-refractivity contribution is 1.14. The SMILES string of the molecule is Cc1ccccc1-c1ncc(Br)c(=S)[nH]1. The Morgan fingerprint density at radius 2 is 2.07 bits per heavy atom. The number of halogens is 1. The molecule has 0 saturated carbocycles. The van der Waals surface area contributed by atoms with Crippen LogP contribution in [0.5, 0.6) is 0 Å². The fourth-order valence-electron chi connectivity index (χ4n) is 1.35. The highest BCUT2D eigenvalue weighted by Crippen LogP contribution is 2.20. The first-order valence-corrected chi connectivity index (χ1v) is 5.69. The van der Waals surface area contributed by atoms with E-state index in [-0.39, 0.29) is 0 Å². The lowest BCUT2D eigenvalue weighted by Crippen LogP contribution is -1.91. The maximum atomic E-state index is 5.14. The van der Waals surface area contributed by atoms with E-state index in [1.807, 2.05) is 18.2 Å². The summed E-state index contributed by atoms with van der Waals surface area (Å²) in [6, 6.07) is 8.07. The average Bonchev–Trinajstić information content (AvgIpc) is 2.23. The Bertz CT molecular complexity index is 548. The molecule has 1 aromatic heterocycles. The van der Waals surface area contributed by atoms with E-state index in [1.165, 1.54) is 5.56 Å². The van der Waals surface area contributed by atoms with Crippen molar-refractivity contribution in [3.05, 3.63) is 45.1 Å². The Balaban J connectivity index is 2.60. The monoisotopic (exact) mass is 280 g/mol. The van der Waals surface area contributed by atoms with Gasteiger partial charge in [-0.3, -0.25) is 0 Å². The number of hydrogen-bond donors (Lipinski definition) is 1. The maximum absolute atomic E-state index is 5.14. The van der Waals surface area contributed by atoms with Crippen molar-refractivity contribution in [2.45, 2.75) is 6.92 Å².